The van der Waals surface area contributed by atoms with Crippen molar-refractivity contribution in [1.29, 1.82) is 0 Å². The third-order valence-electron chi connectivity index (χ3n) is 3.87. The third-order valence-corrected chi connectivity index (χ3v) is 4.17. The molecular weight excluding hydrogens is 312 g/mol. The van der Waals surface area contributed by atoms with E-state index >= 15 is 0 Å². The van der Waals surface area contributed by atoms with E-state index in [1.807, 2.05) is 32.9 Å². The summed E-state index contributed by atoms with van der Waals surface area (Å²) in [6.07, 6.45) is 0. The summed E-state index contributed by atoms with van der Waals surface area (Å²) in [6, 6.07) is 7.24. The van der Waals surface area contributed by atoms with Crippen molar-refractivity contribution in [3.63, 3.8) is 0 Å². The molecule has 0 atom stereocenters. The Morgan fingerprint density at radius 1 is 1.30 bits per heavy atom. The summed E-state index contributed by atoms with van der Waals surface area (Å²) in [6.45, 7) is 6.13. The lowest BCUT2D eigenvalue weighted by Crippen LogP contribution is -2.24. The molecule has 0 saturated heterocycles. The number of hydrogen-bond donors (Lipinski definition) is 2. The molecule has 0 spiro atoms. The summed E-state index contributed by atoms with van der Waals surface area (Å²) >= 11 is 6.20. The molecular formula is C17H17ClN4O. The van der Waals surface area contributed by atoms with Gasteiger partial charge >= 0.3 is 0 Å². The van der Waals surface area contributed by atoms with Crippen molar-refractivity contribution < 1.29 is 4.79 Å². The Morgan fingerprint density at radius 3 is 2.78 bits per heavy atom. The number of aromatic amines is 1. The van der Waals surface area contributed by atoms with Crippen molar-refractivity contribution in [2.24, 2.45) is 0 Å². The fourth-order valence-corrected chi connectivity index (χ4v) is 2.84. The molecule has 2 N–H and O–H groups in total. The summed E-state index contributed by atoms with van der Waals surface area (Å²) < 4.78 is 0. The largest absolute Gasteiger partial charge is 0.348 e. The molecule has 3 aromatic rings. The Balaban J connectivity index is 1.94. The van der Waals surface area contributed by atoms with Crippen LogP contribution in [0.4, 0.5) is 0 Å². The fraction of sp³-hybridized carbons (Fsp3) is 0.235. The lowest BCUT2D eigenvalue weighted by Gasteiger charge is -2.10. The van der Waals surface area contributed by atoms with Crippen LogP contribution in [0.2, 0.25) is 5.02 Å². The molecule has 2 aromatic heterocycles. The number of benzene rings is 1. The number of rotatable bonds is 3. The van der Waals surface area contributed by atoms with Crippen molar-refractivity contribution in [1.82, 2.24) is 20.5 Å². The second-order valence-corrected chi connectivity index (χ2v) is 5.95. The number of nitrogens with zero attached hydrogens (tertiary/aromatic N) is 2. The number of hydrogen-bond acceptors (Lipinski definition) is 3. The maximum absolute atomic E-state index is 12.6. The molecule has 0 saturated carbocycles. The number of para-hydroxylation sites is 1. The highest BCUT2D eigenvalue weighted by molar-refractivity contribution is 6.35. The summed E-state index contributed by atoms with van der Waals surface area (Å²) in [7, 11) is 0. The zero-order valence-electron chi connectivity index (χ0n) is 13.2. The quantitative estimate of drug-likeness (QED) is 0.773. The SMILES string of the molecule is Cc1cc(C(=O)NCc2c(C)n[nH]c2C)c2cccc(Cl)c2n1. The minimum absolute atomic E-state index is 0.150. The van der Waals surface area contributed by atoms with Gasteiger partial charge in [-0.1, -0.05) is 23.7 Å². The summed E-state index contributed by atoms with van der Waals surface area (Å²) in [5, 5.41) is 11.3. The maximum atomic E-state index is 12.6. The molecule has 1 amide bonds. The standard InChI is InChI=1S/C17H17ClN4O/c1-9-7-13(12-5-4-6-15(18)16(12)20-9)17(23)19-8-14-10(2)21-22-11(14)3/h4-7H,8H2,1-3H3,(H,19,23)(H,21,22). The smallest absolute Gasteiger partial charge is 0.252 e. The number of aryl methyl sites for hydroxylation is 3. The van der Waals surface area contributed by atoms with Gasteiger partial charge in [-0.15, -0.1) is 0 Å². The van der Waals surface area contributed by atoms with E-state index in [0.717, 1.165) is 28.0 Å². The Morgan fingerprint density at radius 2 is 2.09 bits per heavy atom. The Bertz CT molecular complexity index is 881. The van der Waals surface area contributed by atoms with Gasteiger partial charge < -0.3 is 5.32 Å². The average Bonchev–Trinajstić information content (AvgIpc) is 2.84. The Labute approximate surface area is 139 Å². The summed E-state index contributed by atoms with van der Waals surface area (Å²) in [5.74, 6) is -0.150. The van der Waals surface area contributed by atoms with Crippen LogP contribution >= 0.6 is 11.6 Å². The number of fused-ring (bicyclic) bond motifs is 1. The van der Waals surface area contributed by atoms with Gasteiger partial charge in [-0.25, -0.2) is 0 Å². The number of carbonyl (C=O) groups is 1. The van der Waals surface area contributed by atoms with E-state index < -0.39 is 0 Å². The van der Waals surface area contributed by atoms with Crippen LogP contribution in [0.15, 0.2) is 24.3 Å². The minimum Gasteiger partial charge on any atom is -0.348 e. The van der Waals surface area contributed by atoms with E-state index in [2.05, 4.69) is 20.5 Å². The van der Waals surface area contributed by atoms with Gasteiger partial charge in [0.1, 0.15) is 0 Å². The number of pyridine rings is 1. The molecule has 1 aromatic carbocycles. The molecule has 0 fully saturated rings. The van der Waals surface area contributed by atoms with Crippen LogP contribution in [0, 0.1) is 20.8 Å². The molecule has 0 unspecified atom stereocenters. The molecule has 0 aliphatic carbocycles. The van der Waals surface area contributed by atoms with Gasteiger partial charge in [0.15, 0.2) is 0 Å². The summed E-state index contributed by atoms with van der Waals surface area (Å²) in [4.78, 5) is 17.1. The van der Waals surface area contributed by atoms with Gasteiger partial charge in [-0.3, -0.25) is 14.9 Å². The second kappa shape index (κ2) is 6.01. The number of carbonyl (C=O) groups excluding carboxylic acids is 1. The van der Waals surface area contributed by atoms with Crippen LogP contribution in [0.5, 0.6) is 0 Å². The van der Waals surface area contributed by atoms with Crippen LogP contribution < -0.4 is 5.32 Å². The third kappa shape index (κ3) is 2.92. The van der Waals surface area contributed by atoms with E-state index in [4.69, 9.17) is 11.6 Å². The molecule has 118 valence electrons. The van der Waals surface area contributed by atoms with Crippen molar-refractivity contribution in [3.8, 4) is 0 Å². The highest BCUT2D eigenvalue weighted by atomic mass is 35.5. The molecule has 5 nitrogen and oxygen atoms in total. The van der Waals surface area contributed by atoms with Gasteiger partial charge in [0.2, 0.25) is 0 Å². The second-order valence-electron chi connectivity index (χ2n) is 5.54. The fourth-order valence-electron chi connectivity index (χ4n) is 2.63. The van der Waals surface area contributed by atoms with Crippen LogP contribution in [0.25, 0.3) is 10.9 Å². The molecule has 0 radical (unpaired) electrons. The minimum atomic E-state index is -0.150. The zero-order valence-corrected chi connectivity index (χ0v) is 14.0. The predicted octanol–water partition coefficient (Wildman–Crippen LogP) is 3.47. The first kappa shape index (κ1) is 15.5. The van der Waals surface area contributed by atoms with Gasteiger partial charge in [0, 0.05) is 28.9 Å². The number of halogens is 1. The van der Waals surface area contributed by atoms with E-state index in [1.54, 1.807) is 12.1 Å². The van der Waals surface area contributed by atoms with E-state index in [1.165, 1.54) is 0 Å². The number of nitrogens with one attached hydrogen (secondary N) is 2. The average molecular weight is 329 g/mol. The Kier molecular flexibility index (Phi) is 4.05. The van der Waals surface area contributed by atoms with Crippen LogP contribution in [-0.2, 0) is 6.54 Å². The molecule has 0 aliphatic heterocycles. The first-order valence-electron chi connectivity index (χ1n) is 7.32. The van der Waals surface area contributed by atoms with Crippen molar-refractivity contribution in [2.75, 3.05) is 0 Å². The molecule has 2 heterocycles. The molecule has 0 bridgehead atoms. The number of aromatic nitrogens is 3. The van der Waals surface area contributed by atoms with Crippen LogP contribution in [-0.4, -0.2) is 21.1 Å². The van der Waals surface area contributed by atoms with Crippen molar-refractivity contribution >= 4 is 28.4 Å². The van der Waals surface area contributed by atoms with Gasteiger partial charge in [0.25, 0.3) is 5.91 Å². The van der Waals surface area contributed by atoms with Crippen LogP contribution in [0.3, 0.4) is 0 Å². The first-order valence-corrected chi connectivity index (χ1v) is 7.69. The van der Waals surface area contributed by atoms with Crippen molar-refractivity contribution in [2.45, 2.75) is 27.3 Å². The van der Waals surface area contributed by atoms with E-state index in [-0.39, 0.29) is 5.91 Å². The van der Waals surface area contributed by atoms with E-state index in [9.17, 15) is 4.79 Å². The first-order chi connectivity index (χ1) is 11.0. The zero-order chi connectivity index (χ0) is 16.6. The predicted molar refractivity (Wildman–Crippen MR) is 90.7 cm³/mol. The highest BCUT2D eigenvalue weighted by Crippen LogP contribution is 2.25. The van der Waals surface area contributed by atoms with Gasteiger partial charge in [-0.05, 0) is 32.9 Å². The van der Waals surface area contributed by atoms with Crippen molar-refractivity contribution in [3.05, 3.63) is 57.5 Å². The number of amides is 1. The Hall–Kier alpha value is -2.40. The monoisotopic (exact) mass is 328 g/mol. The van der Waals surface area contributed by atoms with Crippen LogP contribution in [0.1, 0.15) is 33.0 Å². The van der Waals surface area contributed by atoms with E-state index in [0.29, 0.717) is 22.6 Å². The number of H-pyrrole nitrogens is 1. The maximum Gasteiger partial charge on any atom is 0.252 e. The highest BCUT2D eigenvalue weighted by Gasteiger charge is 2.14. The summed E-state index contributed by atoms with van der Waals surface area (Å²) in [5.41, 5.74) is 4.84. The van der Waals surface area contributed by atoms with Gasteiger partial charge in [0.05, 0.1) is 21.8 Å². The molecule has 0 aliphatic rings. The normalized spacial score (nSPS) is 11.0. The molecule has 3 rings (SSSR count). The lowest BCUT2D eigenvalue weighted by atomic mass is 10.1. The topological polar surface area (TPSA) is 70.7 Å². The van der Waals surface area contributed by atoms with Gasteiger partial charge in [-0.2, -0.15) is 5.10 Å². The molecule has 6 heteroatoms. The lowest BCUT2D eigenvalue weighted by molar-refractivity contribution is 0.0952. The molecule has 23 heavy (non-hydrogen) atoms.